The number of fused-ring (bicyclic) bond motifs is 5. The summed E-state index contributed by atoms with van der Waals surface area (Å²) in [5, 5.41) is 0. The molecule has 2 bridgehead atoms. The molecular weight excluding hydrogens is 432 g/mol. The normalized spacial score (nSPS) is 55.7. The van der Waals surface area contributed by atoms with Gasteiger partial charge in [-0.15, -0.1) is 0 Å². The Morgan fingerprint density at radius 3 is 2.20 bits per heavy atom. The van der Waals surface area contributed by atoms with Crippen LogP contribution in [0, 0.1) is 56.2 Å². The molecule has 3 nitrogen and oxygen atoms in total. The monoisotopic (exact) mass is 484 g/mol. The highest BCUT2D eigenvalue weighted by atomic mass is 16.5. The second-order valence-electron chi connectivity index (χ2n) is 16.2. The first-order valence-corrected chi connectivity index (χ1v) is 15.0. The summed E-state index contributed by atoms with van der Waals surface area (Å²) in [5.74, 6) is 2.88. The third-order valence-corrected chi connectivity index (χ3v) is 14.4. The van der Waals surface area contributed by atoms with Crippen LogP contribution in [0.4, 0.5) is 0 Å². The number of carbonyl (C=O) groups is 1. The van der Waals surface area contributed by atoms with Gasteiger partial charge in [0.1, 0.15) is 6.10 Å². The Morgan fingerprint density at radius 1 is 0.771 bits per heavy atom. The highest BCUT2D eigenvalue weighted by Gasteiger charge is 2.72. The van der Waals surface area contributed by atoms with Crippen molar-refractivity contribution in [3.8, 4) is 0 Å². The molecular formula is C32H52O3. The van der Waals surface area contributed by atoms with Crippen LogP contribution in [0.15, 0.2) is 0 Å². The fraction of sp³-hybridized carbons (Fsp3) is 0.969. The topological polar surface area (TPSA) is 35.5 Å². The molecule has 5 aliphatic carbocycles. The van der Waals surface area contributed by atoms with Gasteiger partial charge in [-0.1, -0.05) is 48.5 Å². The molecule has 1 heterocycles. The van der Waals surface area contributed by atoms with Gasteiger partial charge in [-0.05, 0) is 115 Å². The van der Waals surface area contributed by atoms with Gasteiger partial charge in [-0.3, -0.25) is 4.79 Å². The molecule has 0 spiro atoms. The van der Waals surface area contributed by atoms with Crippen molar-refractivity contribution >= 4 is 5.97 Å². The Labute approximate surface area is 214 Å². The van der Waals surface area contributed by atoms with E-state index >= 15 is 0 Å². The lowest BCUT2D eigenvalue weighted by molar-refractivity contribution is -0.254. The molecule has 6 aliphatic rings. The smallest absolute Gasteiger partial charge is 0.302 e. The molecule has 1 aliphatic heterocycles. The van der Waals surface area contributed by atoms with Crippen LogP contribution in [0.5, 0.6) is 0 Å². The summed E-state index contributed by atoms with van der Waals surface area (Å²) in [7, 11) is 0. The molecule has 10 atom stereocenters. The number of carbonyl (C=O) groups excluding carboxylic acids is 1. The van der Waals surface area contributed by atoms with Gasteiger partial charge in [0.15, 0.2) is 0 Å². The van der Waals surface area contributed by atoms with Crippen molar-refractivity contribution in [2.45, 2.75) is 132 Å². The third-order valence-electron chi connectivity index (χ3n) is 14.4. The van der Waals surface area contributed by atoms with Crippen molar-refractivity contribution in [2.24, 2.45) is 56.2 Å². The van der Waals surface area contributed by atoms with E-state index in [4.69, 9.17) is 9.47 Å². The lowest BCUT2D eigenvalue weighted by atomic mass is 9.31. The zero-order valence-corrected chi connectivity index (χ0v) is 24.0. The predicted octanol–water partition coefficient (Wildman–Crippen LogP) is 7.81. The molecule has 0 aromatic rings. The molecule has 0 N–H and O–H groups in total. The van der Waals surface area contributed by atoms with E-state index in [9.17, 15) is 4.79 Å². The zero-order valence-electron chi connectivity index (χ0n) is 24.0. The second-order valence-corrected chi connectivity index (χ2v) is 16.2. The first kappa shape index (κ1) is 24.7. The van der Waals surface area contributed by atoms with Crippen molar-refractivity contribution in [3.63, 3.8) is 0 Å². The SMILES string of the molecule is CC(=O)O[C@@H]1CC[C@@]2(C)[C@H](CC[C@]3(C)[C@@H]2CC[C@@H]2[C@H]4[C@@H]5OC[C@@]4(CCC5(C)C)CC[C@]23C)C1(C)C. The first-order chi connectivity index (χ1) is 16.2. The molecule has 198 valence electrons. The van der Waals surface area contributed by atoms with E-state index in [1.54, 1.807) is 6.92 Å². The quantitative estimate of drug-likeness (QED) is 0.356. The highest BCUT2D eigenvalue weighted by molar-refractivity contribution is 5.66. The van der Waals surface area contributed by atoms with Gasteiger partial charge >= 0.3 is 5.97 Å². The fourth-order valence-electron chi connectivity index (χ4n) is 12.4. The summed E-state index contributed by atoms with van der Waals surface area (Å²) < 4.78 is 12.7. The second kappa shape index (κ2) is 7.29. The molecule has 0 aromatic heterocycles. The Balaban J connectivity index is 1.35. The third kappa shape index (κ3) is 2.97. The standard InChI is InChI=1S/C32H52O3/c1-20(33)35-24-12-13-29(6)22(28(24,4)5)11-14-31(8)23(29)10-9-21-25-26-27(2,3)15-17-32(25,19-34-26)18-16-30(21,31)7/h21-26H,9-19H2,1-8H3/t21-,22-,23-,24-,25+,26+,29+,30-,31-,32-/m1/s1. The van der Waals surface area contributed by atoms with Crippen molar-refractivity contribution in [1.29, 1.82) is 0 Å². The van der Waals surface area contributed by atoms with Gasteiger partial charge in [0.25, 0.3) is 0 Å². The lowest BCUT2D eigenvalue weighted by Crippen LogP contribution is -2.67. The molecule has 3 heteroatoms. The van der Waals surface area contributed by atoms with Gasteiger partial charge in [0, 0.05) is 12.3 Å². The van der Waals surface area contributed by atoms with E-state index in [-0.39, 0.29) is 17.5 Å². The van der Waals surface area contributed by atoms with Crippen LogP contribution in [-0.4, -0.2) is 24.8 Å². The summed E-state index contributed by atoms with van der Waals surface area (Å²) in [6.07, 6.45) is 13.7. The van der Waals surface area contributed by atoms with Gasteiger partial charge in [-0.25, -0.2) is 0 Å². The van der Waals surface area contributed by atoms with Crippen LogP contribution in [-0.2, 0) is 14.3 Å². The Bertz CT molecular complexity index is 906. The minimum Gasteiger partial charge on any atom is -0.462 e. The van der Waals surface area contributed by atoms with Crippen LogP contribution >= 0.6 is 0 Å². The Morgan fingerprint density at radius 2 is 1.49 bits per heavy atom. The molecule has 0 amide bonds. The van der Waals surface area contributed by atoms with Crippen molar-refractivity contribution in [1.82, 2.24) is 0 Å². The maximum absolute atomic E-state index is 11.9. The largest absolute Gasteiger partial charge is 0.462 e. The van der Waals surface area contributed by atoms with Gasteiger partial charge < -0.3 is 9.47 Å². The molecule has 6 fully saturated rings. The van der Waals surface area contributed by atoms with Crippen LogP contribution in [0.1, 0.15) is 120 Å². The minimum atomic E-state index is -0.108. The number of esters is 1. The maximum atomic E-state index is 11.9. The number of hydrogen-bond donors (Lipinski definition) is 0. The summed E-state index contributed by atoms with van der Waals surface area (Å²) in [4.78, 5) is 11.9. The zero-order chi connectivity index (χ0) is 25.2. The van der Waals surface area contributed by atoms with Crippen LogP contribution < -0.4 is 0 Å². The number of rotatable bonds is 1. The molecule has 35 heavy (non-hydrogen) atoms. The Kier molecular flexibility index (Phi) is 5.16. The molecule has 0 radical (unpaired) electrons. The highest BCUT2D eigenvalue weighted by Crippen LogP contribution is 2.78. The van der Waals surface area contributed by atoms with Crippen LogP contribution in [0.25, 0.3) is 0 Å². The fourth-order valence-corrected chi connectivity index (χ4v) is 12.4. The summed E-state index contributed by atoms with van der Waals surface area (Å²) in [6.45, 7) is 20.5. The van der Waals surface area contributed by atoms with Gasteiger partial charge in [0.05, 0.1) is 12.7 Å². The number of ether oxygens (including phenoxy) is 2. The van der Waals surface area contributed by atoms with Crippen molar-refractivity contribution in [2.75, 3.05) is 6.61 Å². The van der Waals surface area contributed by atoms with E-state index in [2.05, 4.69) is 48.5 Å². The van der Waals surface area contributed by atoms with Crippen LogP contribution in [0.3, 0.4) is 0 Å². The molecule has 0 aromatic carbocycles. The van der Waals surface area contributed by atoms with E-state index in [1.807, 2.05) is 0 Å². The van der Waals surface area contributed by atoms with E-state index in [0.29, 0.717) is 39.1 Å². The van der Waals surface area contributed by atoms with Crippen molar-refractivity contribution < 1.29 is 14.3 Å². The average Bonchev–Trinajstić information content (AvgIpc) is 3.10. The van der Waals surface area contributed by atoms with Crippen molar-refractivity contribution in [3.05, 3.63) is 0 Å². The molecule has 6 rings (SSSR count). The van der Waals surface area contributed by atoms with Gasteiger partial charge in [-0.2, -0.15) is 0 Å². The van der Waals surface area contributed by atoms with Gasteiger partial charge in [0.2, 0.25) is 0 Å². The maximum Gasteiger partial charge on any atom is 0.302 e. The summed E-state index contributed by atoms with van der Waals surface area (Å²) in [6, 6.07) is 0. The molecule has 0 unspecified atom stereocenters. The van der Waals surface area contributed by atoms with E-state index in [0.717, 1.165) is 30.8 Å². The van der Waals surface area contributed by atoms with Crippen LogP contribution in [0.2, 0.25) is 0 Å². The average molecular weight is 485 g/mol. The molecule has 1 saturated heterocycles. The van der Waals surface area contributed by atoms with E-state index in [1.165, 1.54) is 57.8 Å². The first-order valence-electron chi connectivity index (χ1n) is 15.0. The predicted molar refractivity (Wildman–Crippen MR) is 140 cm³/mol. The molecule has 5 saturated carbocycles. The summed E-state index contributed by atoms with van der Waals surface area (Å²) >= 11 is 0. The van der Waals surface area contributed by atoms with E-state index < -0.39 is 0 Å². The Hall–Kier alpha value is -0.570. The minimum absolute atomic E-state index is 0.0503. The lowest BCUT2D eigenvalue weighted by Gasteiger charge is -2.73. The number of hydrogen-bond acceptors (Lipinski definition) is 3. The summed E-state index contributed by atoms with van der Waals surface area (Å²) in [5.41, 5.74) is 2.00.